The number of benzene rings is 1. The molecular weight excluding hydrogens is 346 g/mol. The molecule has 0 aliphatic carbocycles. The maximum Gasteiger partial charge on any atom is 0.256 e. The van der Waals surface area contributed by atoms with Gasteiger partial charge in [0, 0.05) is 50.5 Å². The van der Waals surface area contributed by atoms with E-state index >= 15 is 0 Å². The lowest BCUT2D eigenvalue weighted by atomic mass is 10.1. The summed E-state index contributed by atoms with van der Waals surface area (Å²) in [5.41, 5.74) is 2.64. The van der Waals surface area contributed by atoms with E-state index < -0.39 is 0 Å². The van der Waals surface area contributed by atoms with Gasteiger partial charge in [-0.05, 0) is 25.1 Å². The Morgan fingerprint density at radius 2 is 1.96 bits per heavy atom. The number of aryl methyl sites for hydroxylation is 1. The molecule has 0 unspecified atom stereocenters. The Kier molecular flexibility index (Phi) is 4.81. The van der Waals surface area contributed by atoms with Crippen molar-refractivity contribution >= 4 is 17.2 Å². The second-order valence-corrected chi connectivity index (χ2v) is 7.46. The van der Waals surface area contributed by atoms with Crippen LogP contribution in [0.5, 0.6) is 0 Å². The maximum absolute atomic E-state index is 13.0. The van der Waals surface area contributed by atoms with Crippen LogP contribution in [0.3, 0.4) is 0 Å². The van der Waals surface area contributed by atoms with Crippen LogP contribution in [0.25, 0.3) is 5.69 Å². The standard InChI is InChI=1S/C19H21N5OS/c1-15-21-16(14-26-15)13-22-9-11-23(12-10-22)19(25)17-5-2-3-6-18(17)24-8-4-7-20-24/h2-8,14H,9-13H2,1H3. The number of carbonyl (C=O) groups is 1. The minimum Gasteiger partial charge on any atom is -0.336 e. The fraction of sp³-hybridized carbons (Fsp3) is 0.316. The van der Waals surface area contributed by atoms with Gasteiger partial charge in [0.1, 0.15) is 0 Å². The van der Waals surface area contributed by atoms with E-state index in [0.717, 1.165) is 49.1 Å². The summed E-state index contributed by atoms with van der Waals surface area (Å²) in [5, 5.41) is 7.49. The smallest absolute Gasteiger partial charge is 0.256 e. The number of hydrogen-bond acceptors (Lipinski definition) is 5. The van der Waals surface area contributed by atoms with Crippen LogP contribution < -0.4 is 0 Å². The summed E-state index contributed by atoms with van der Waals surface area (Å²) in [7, 11) is 0. The largest absolute Gasteiger partial charge is 0.336 e. The number of nitrogens with zero attached hydrogens (tertiary/aromatic N) is 5. The van der Waals surface area contributed by atoms with E-state index in [1.54, 1.807) is 22.2 Å². The van der Waals surface area contributed by atoms with Crippen LogP contribution in [0.2, 0.25) is 0 Å². The van der Waals surface area contributed by atoms with Gasteiger partial charge in [-0.2, -0.15) is 5.10 Å². The van der Waals surface area contributed by atoms with E-state index in [0.29, 0.717) is 5.56 Å². The van der Waals surface area contributed by atoms with Crippen LogP contribution >= 0.6 is 11.3 Å². The third-order valence-electron chi connectivity index (χ3n) is 4.60. The number of amides is 1. The first kappa shape index (κ1) is 16.9. The minimum atomic E-state index is 0.0697. The Labute approximate surface area is 156 Å². The topological polar surface area (TPSA) is 54.3 Å². The molecule has 0 spiro atoms. The molecule has 0 N–H and O–H groups in total. The summed E-state index contributed by atoms with van der Waals surface area (Å²) >= 11 is 1.69. The molecule has 1 aromatic carbocycles. The molecule has 1 aliphatic rings. The number of aromatic nitrogens is 3. The molecule has 0 radical (unpaired) electrons. The molecule has 0 saturated carbocycles. The number of hydrogen-bond donors (Lipinski definition) is 0. The second-order valence-electron chi connectivity index (χ2n) is 6.39. The van der Waals surface area contributed by atoms with Gasteiger partial charge >= 0.3 is 0 Å². The van der Waals surface area contributed by atoms with Crippen LogP contribution in [-0.2, 0) is 6.54 Å². The fourth-order valence-corrected chi connectivity index (χ4v) is 3.86. The highest BCUT2D eigenvalue weighted by molar-refractivity contribution is 7.09. The molecule has 1 saturated heterocycles. The lowest BCUT2D eigenvalue weighted by molar-refractivity contribution is 0.0627. The zero-order valence-electron chi connectivity index (χ0n) is 14.7. The number of thiazole rings is 1. The van der Waals surface area contributed by atoms with Crippen molar-refractivity contribution < 1.29 is 4.79 Å². The molecule has 6 nitrogen and oxygen atoms in total. The normalized spacial score (nSPS) is 15.3. The number of para-hydroxylation sites is 1. The second kappa shape index (κ2) is 7.39. The van der Waals surface area contributed by atoms with Gasteiger partial charge in [0.2, 0.25) is 0 Å². The Morgan fingerprint density at radius 3 is 2.65 bits per heavy atom. The molecule has 4 rings (SSSR count). The summed E-state index contributed by atoms with van der Waals surface area (Å²) in [5.74, 6) is 0.0697. The molecule has 1 amide bonds. The minimum absolute atomic E-state index is 0.0697. The van der Waals surface area contributed by atoms with Gasteiger partial charge in [-0.15, -0.1) is 11.3 Å². The summed E-state index contributed by atoms with van der Waals surface area (Å²) in [6.45, 7) is 6.08. The van der Waals surface area contributed by atoms with E-state index in [4.69, 9.17) is 0 Å². The van der Waals surface area contributed by atoms with Crippen molar-refractivity contribution in [1.29, 1.82) is 0 Å². The molecule has 26 heavy (non-hydrogen) atoms. The van der Waals surface area contributed by atoms with Gasteiger partial charge in [0.25, 0.3) is 5.91 Å². The molecule has 1 aliphatic heterocycles. The average molecular weight is 367 g/mol. The van der Waals surface area contributed by atoms with Crippen molar-refractivity contribution in [2.24, 2.45) is 0 Å². The highest BCUT2D eigenvalue weighted by Gasteiger charge is 2.24. The first-order valence-electron chi connectivity index (χ1n) is 8.72. The molecule has 134 valence electrons. The van der Waals surface area contributed by atoms with Gasteiger partial charge in [-0.25, -0.2) is 9.67 Å². The zero-order valence-corrected chi connectivity index (χ0v) is 15.5. The van der Waals surface area contributed by atoms with Gasteiger partial charge in [0.15, 0.2) is 0 Å². The van der Waals surface area contributed by atoms with Crippen molar-refractivity contribution in [1.82, 2.24) is 24.6 Å². The summed E-state index contributed by atoms with van der Waals surface area (Å²) in [6, 6.07) is 9.51. The lowest BCUT2D eigenvalue weighted by Gasteiger charge is -2.34. The Bertz CT molecular complexity index is 881. The van der Waals surface area contributed by atoms with Crippen LogP contribution in [-0.4, -0.2) is 56.7 Å². The first-order chi connectivity index (χ1) is 12.7. The van der Waals surface area contributed by atoms with Crippen molar-refractivity contribution in [3.05, 3.63) is 64.4 Å². The van der Waals surface area contributed by atoms with Crippen LogP contribution in [0.15, 0.2) is 48.1 Å². The van der Waals surface area contributed by atoms with Crippen LogP contribution in [0.1, 0.15) is 21.1 Å². The van der Waals surface area contributed by atoms with Crippen LogP contribution in [0, 0.1) is 6.92 Å². The number of carbonyl (C=O) groups excluding carboxylic acids is 1. The van der Waals surface area contributed by atoms with Gasteiger partial charge in [-0.1, -0.05) is 12.1 Å². The molecule has 0 atom stereocenters. The van der Waals surface area contributed by atoms with Crippen molar-refractivity contribution in [3.8, 4) is 5.69 Å². The molecule has 3 heterocycles. The lowest BCUT2D eigenvalue weighted by Crippen LogP contribution is -2.48. The number of piperazine rings is 1. The van der Waals surface area contributed by atoms with E-state index in [1.807, 2.05) is 48.4 Å². The summed E-state index contributed by atoms with van der Waals surface area (Å²) < 4.78 is 1.74. The van der Waals surface area contributed by atoms with E-state index in [2.05, 4.69) is 20.4 Å². The molecular formula is C19H21N5OS. The molecule has 2 aromatic heterocycles. The van der Waals surface area contributed by atoms with E-state index in [9.17, 15) is 4.79 Å². The SMILES string of the molecule is Cc1nc(CN2CCN(C(=O)c3ccccc3-n3cccn3)CC2)cs1. The van der Waals surface area contributed by atoms with Gasteiger partial charge in [0.05, 0.1) is 22.0 Å². The van der Waals surface area contributed by atoms with Crippen molar-refractivity contribution in [3.63, 3.8) is 0 Å². The molecule has 7 heteroatoms. The molecule has 1 fully saturated rings. The fourth-order valence-electron chi connectivity index (χ4n) is 3.25. The Morgan fingerprint density at radius 1 is 1.15 bits per heavy atom. The van der Waals surface area contributed by atoms with Crippen molar-refractivity contribution in [2.45, 2.75) is 13.5 Å². The average Bonchev–Trinajstić information content (AvgIpc) is 3.34. The summed E-state index contributed by atoms with van der Waals surface area (Å²) in [4.78, 5) is 21.9. The Hall–Kier alpha value is -2.51. The number of rotatable bonds is 4. The highest BCUT2D eigenvalue weighted by atomic mass is 32.1. The predicted molar refractivity (Wildman–Crippen MR) is 102 cm³/mol. The first-order valence-corrected chi connectivity index (χ1v) is 9.60. The third kappa shape index (κ3) is 3.54. The third-order valence-corrected chi connectivity index (χ3v) is 5.42. The monoisotopic (exact) mass is 367 g/mol. The molecule has 3 aromatic rings. The summed E-state index contributed by atoms with van der Waals surface area (Å²) in [6.07, 6.45) is 3.58. The van der Waals surface area contributed by atoms with Crippen molar-refractivity contribution in [2.75, 3.05) is 26.2 Å². The van der Waals surface area contributed by atoms with Gasteiger partial charge < -0.3 is 4.90 Å². The van der Waals surface area contributed by atoms with Crippen LogP contribution in [0.4, 0.5) is 0 Å². The predicted octanol–water partition coefficient (Wildman–Crippen LogP) is 2.60. The highest BCUT2D eigenvalue weighted by Crippen LogP contribution is 2.18. The quantitative estimate of drug-likeness (QED) is 0.711. The van der Waals surface area contributed by atoms with E-state index in [1.165, 1.54) is 0 Å². The molecule has 0 bridgehead atoms. The zero-order chi connectivity index (χ0) is 17.9. The maximum atomic E-state index is 13.0. The Balaban J connectivity index is 1.43. The van der Waals surface area contributed by atoms with Gasteiger partial charge in [-0.3, -0.25) is 9.69 Å². The van der Waals surface area contributed by atoms with E-state index in [-0.39, 0.29) is 5.91 Å².